The van der Waals surface area contributed by atoms with Crippen LogP contribution in [0.5, 0.6) is 0 Å². The van der Waals surface area contributed by atoms with Crippen molar-refractivity contribution in [3.63, 3.8) is 0 Å². The second-order valence-corrected chi connectivity index (χ2v) is 5.23. The van der Waals surface area contributed by atoms with Crippen LogP contribution in [0.3, 0.4) is 0 Å². The first kappa shape index (κ1) is 10.4. The highest BCUT2D eigenvalue weighted by Crippen LogP contribution is 2.32. The van der Waals surface area contributed by atoms with Gasteiger partial charge in [0, 0.05) is 25.0 Å². The van der Waals surface area contributed by atoms with Gasteiger partial charge < -0.3 is 14.6 Å². The lowest BCUT2D eigenvalue weighted by Gasteiger charge is -2.50. The summed E-state index contributed by atoms with van der Waals surface area (Å²) in [5, 5.41) is 3.35. The molecule has 1 N–H and O–H groups in total. The molecule has 0 aliphatic carbocycles. The first-order valence-corrected chi connectivity index (χ1v) is 6.31. The molecule has 4 nitrogen and oxygen atoms in total. The van der Waals surface area contributed by atoms with Gasteiger partial charge in [-0.15, -0.1) is 0 Å². The minimum Gasteiger partial charge on any atom is -0.458 e. The molecule has 2 fully saturated rings. The lowest BCUT2D eigenvalue weighted by Crippen LogP contribution is -2.64. The minimum atomic E-state index is 0.0139. The fourth-order valence-electron chi connectivity index (χ4n) is 2.57. The molecule has 2 saturated heterocycles. The summed E-state index contributed by atoms with van der Waals surface area (Å²) in [5.74, 6) is 1.07. The first-order chi connectivity index (χ1) is 7.77. The van der Waals surface area contributed by atoms with Crippen molar-refractivity contribution in [1.29, 1.82) is 0 Å². The predicted molar refractivity (Wildman–Crippen MR) is 62.2 cm³/mol. The molecule has 86 valence electrons. The van der Waals surface area contributed by atoms with Crippen LogP contribution in [0.4, 0.5) is 0 Å². The van der Waals surface area contributed by atoms with E-state index in [0.717, 1.165) is 30.5 Å². The van der Waals surface area contributed by atoms with Crippen LogP contribution in [0.1, 0.15) is 17.0 Å². The smallest absolute Gasteiger partial charge is 0.291 e. The molecule has 1 amide bonds. The van der Waals surface area contributed by atoms with Crippen LogP contribution in [-0.4, -0.2) is 36.5 Å². The van der Waals surface area contributed by atoms with Gasteiger partial charge in [-0.1, -0.05) is 0 Å². The van der Waals surface area contributed by atoms with Crippen molar-refractivity contribution in [3.8, 4) is 0 Å². The molecule has 0 spiro atoms. The van der Waals surface area contributed by atoms with E-state index >= 15 is 0 Å². The molecule has 3 heterocycles. The summed E-state index contributed by atoms with van der Waals surface area (Å²) in [6, 6.07) is 2.16. The van der Waals surface area contributed by atoms with Crippen molar-refractivity contribution in [1.82, 2.24) is 10.2 Å². The highest BCUT2D eigenvalue weighted by atomic mass is 79.9. The van der Waals surface area contributed by atoms with E-state index < -0.39 is 0 Å². The quantitative estimate of drug-likeness (QED) is 0.850. The number of nitrogens with zero attached hydrogens (tertiary/aromatic N) is 1. The maximum absolute atomic E-state index is 12.1. The molecule has 0 aromatic carbocycles. The Balaban J connectivity index is 1.75. The third-order valence-corrected chi connectivity index (χ3v) is 4.10. The molecule has 2 aliphatic rings. The fraction of sp³-hybridized carbons (Fsp3) is 0.545. The van der Waals surface area contributed by atoms with Crippen LogP contribution in [-0.2, 0) is 0 Å². The number of piperidine rings is 1. The van der Waals surface area contributed by atoms with Crippen LogP contribution in [0.2, 0.25) is 0 Å². The van der Waals surface area contributed by atoms with Gasteiger partial charge in [-0.05, 0) is 35.0 Å². The Morgan fingerprint density at radius 2 is 2.50 bits per heavy atom. The van der Waals surface area contributed by atoms with Crippen LogP contribution in [0, 0.1) is 5.92 Å². The number of hydrogen-bond donors (Lipinski definition) is 1. The summed E-state index contributed by atoms with van der Waals surface area (Å²) in [5.41, 5.74) is 0. The molecule has 16 heavy (non-hydrogen) atoms. The normalized spacial score (nSPS) is 28.4. The molecule has 2 aliphatic heterocycles. The van der Waals surface area contributed by atoms with Crippen molar-refractivity contribution in [2.45, 2.75) is 12.5 Å². The number of amides is 1. The molecule has 0 bridgehead atoms. The molecule has 0 saturated carbocycles. The van der Waals surface area contributed by atoms with Crippen molar-refractivity contribution < 1.29 is 9.21 Å². The van der Waals surface area contributed by atoms with Gasteiger partial charge in [-0.2, -0.15) is 0 Å². The predicted octanol–water partition coefficient (Wildman–Crippen LogP) is 1.48. The molecule has 0 radical (unpaired) electrons. The number of hydrogen-bond acceptors (Lipinski definition) is 3. The Labute approximate surface area is 102 Å². The maximum Gasteiger partial charge on any atom is 0.291 e. The summed E-state index contributed by atoms with van der Waals surface area (Å²) in [4.78, 5) is 14.1. The van der Waals surface area contributed by atoms with Crippen molar-refractivity contribution in [2.24, 2.45) is 5.92 Å². The van der Waals surface area contributed by atoms with Gasteiger partial charge in [0.1, 0.15) is 0 Å². The zero-order valence-electron chi connectivity index (χ0n) is 8.78. The Kier molecular flexibility index (Phi) is 2.52. The van der Waals surface area contributed by atoms with E-state index in [-0.39, 0.29) is 5.91 Å². The third kappa shape index (κ3) is 1.50. The van der Waals surface area contributed by atoms with E-state index in [1.54, 1.807) is 6.07 Å². The maximum atomic E-state index is 12.1. The SMILES string of the molecule is O=C(c1occc1Br)N1CC2CNCCC21. The zero-order chi connectivity index (χ0) is 11.1. The molecular formula is C11H13BrN2O2. The zero-order valence-corrected chi connectivity index (χ0v) is 10.4. The van der Waals surface area contributed by atoms with Crippen LogP contribution in [0.15, 0.2) is 21.2 Å². The van der Waals surface area contributed by atoms with Crippen molar-refractivity contribution in [2.75, 3.05) is 19.6 Å². The highest BCUT2D eigenvalue weighted by Gasteiger charge is 2.44. The summed E-state index contributed by atoms with van der Waals surface area (Å²) in [6.45, 7) is 2.89. The number of halogens is 1. The Bertz CT molecular complexity index is 418. The van der Waals surface area contributed by atoms with E-state index in [0.29, 0.717) is 17.7 Å². The van der Waals surface area contributed by atoms with Gasteiger partial charge in [0.05, 0.1) is 10.7 Å². The standard InChI is InChI=1S/C11H13BrN2O2/c12-8-2-4-16-10(8)11(15)14-6-7-5-13-3-1-9(7)14/h2,4,7,9,13H,1,3,5-6H2. The number of likely N-dealkylation sites (tertiary alicyclic amines) is 1. The number of carbonyl (C=O) groups excluding carboxylic acids is 1. The number of fused-ring (bicyclic) bond motifs is 1. The van der Waals surface area contributed by atoms with Crippen LogP contribution >= 0.6 is 15.9 Å². The van der Waals surface area contributed by atoms with E-state index in [1.807, 2.05) is 4.90 Å². The second kappa shape index (κ2) is 3.89. The van der Waals surface area contributed by atoms with E-state index in [4.69, 9.17) is 4.42 Å². The number of nitrogens with one attached hydrogen (secondary N) is 1. The van der Waals surface area contributed by atoms with Gasteiger partial charge in [-0.3, -0.25) is 4.79 Å². The Morgan fingerprint density at radius 3 is 3.19 bits per heavy atom. The Morgan fingerprint density at radius 1 is 1.62 bits per heavy atom. The van der Waals surface area contributed by atoms with Crippen molar-refractivity contribution >= 4 is 21.8 Å². The van der Waals surface area contributed by atoms with Crippen molar-refractivity contribution in [3.05, 3.63) is 22.6 Å². The Hall–Kier alpha value is -0.810. The largest absolute Gasteiger partial charge is 0.458 e. The van der Waals surface area contributed by atoms with Gasteiger partial charge in [0.25, 0.3) is 5.91 Å². The van der Waals surface area contributed by atoms with Crippen LogP contribution in [0.25, 0.3) is 0 Å². The first-order valence-electron chi connectivity index (χ1n) is 5.52. The number of rotatable bonds is 1. The lowest BCUT2D eigenvalue weighted by molar-refractivity contribution is -0.00000339. The van der Waals surface area contributed by atoms with E-state index in [2.05, 4.69) is 21.2 Å². The highest BCUT2D eigenvalue weighted by molar-refractivity contribution is 9.10. The second-order valence-electron chi connectivity index (χ2n) is 4.38. The fourth-order valence-corrected chi connectivity index (χ4v) is 2.94. The molecule has 1 aromatic heterocycles. The monoisotopic (exact) mass is 284 g/mol. The van der Waals surface area contributed by atoms with Crippen LogP contribution < -0.4 is 5.32 Å². The topological polar surface area (TPSA) is 45.5 Å². The average molecular weight is 285 g/mol. The van der Waals surface area contributed by atoms with E-state index in [1.165, 1.54) is 6.26 Å². The van der Waals surface area contributed by atoms with Gasteiger partial charge >= 0.3 is 0 Å². The third-order valence-electron chi connectivity index (χ3n) is 3.47. The lowest BCUT2D eigenvalue weighted by atomic mass is 9.83. The minimum absolute atomic E-state index is 0.0139. The van der Waals surface area contributed by atoms with E-state index in [9.17, 15) is 4.79 Å². The summed E-state index contributed by atoms with van der Waals surface area (Å²) >= 11 is 3.32. The number of carbonyl (C=O) groups is 1. The molecular weight excluding hydrogens is 272 g/mol. The number of furan rings is 1. The summed E-state index contributed by atoms with van der Waals surface area (Å²) < 4.78 is 5.95. The summed E-state index contributed by atoms with van der Waals surface area (Å²) in [7, 11) is 0. The van der Waals surface area contributed by atoms with Gasteiger partial charge in [-0.25, -0.2) is 0 Å². The molecule has 1 aromatic rings. The molecule has 2 unspecified atom stereocenters. The summed E-state index contributed by atoms with van der Waals surface area (Å²) in [6.07, 6.45) is 2.59. The van der Waals surface area contributed by atoms with Gasteiger partial charge in [0.2, 0.25) is 5.76 Å². The van der Waals surface area contributed by atoms with Gasteiger partial charge in [0.15, 0.2) is 0 Å². The average Bonchev–Trinajstić information content (AvgIpc) is 2.66. The molecule has 5 heteroatoms. The molecule has 2 atom stereocenters. The molecule has 3 rings (SSSR count).